The Bertz CT molecular complexity index is 991. The molecule has 0 unspecified atom stereocenters. The lowest BCUT2D eigenvalue weighted by Gasteiger charge is -2.33. The standard InChI is InChI=1S/C16H18N6O2S/c1-25(23,24)22-8-6-21(7-9-22)16-17-10-12(11-18-16)15-13-4-2-3-5-14(13)19-20-15/h2-5,10-11H,6-9H2,1H3,(H,19,20). The fourth-order valence-electron chi connectivity index (χ4n) is 3.01. The highest BCUT2D eigenvalue weighted by atomic mass is 32.2. The number of aromatic nitrogens is 4. The third-order valence-corrected chi connectivity index (χ3v) is 5.68. The molecule has 25 heavy (non-hydrogen) atoms. The smallest absolute Gasteiger partial charge is 0.225 e. The van der Waals surface area contributed by atoms with Crippen molar-refractivity contribution in [2.75, 3.05) is 37.3 Å². The molecule has 0 spiro atoms. The van der Waals surface area contributed by atoms with Gasteiger partial charge in [0.25, 0.3) is 0 Å². The molecule has 3 aromatic rings. The summed E-state index contributed by atoms with van der Waals surface area (Å²) in [5.41, 5.74) is 2.64. The average Bonchev–Trinajstić information content (AvgIpc) is 3.05. The molecule has 8 nitrogen and oxygen atoms in total. The Balaban J connectivity index is 1.53. The molecule has 1 fully saturated rings. The van der Waals surface area contributed by atoms with E-state index in [1.165, 1.54) is 10.6 Å². The quantitative estimate of drug-likeness (QED) is 0.753. The summed E-state index contributed by atoms with van der Waals surface area (Å²) in [6.45, 7) is 2.07. The van der Waals surface area contributed by atoms with Crippen molar-refractivity contribution in [2.24, 2.45) is 0 Å². The van der Waals surface area contributed by atoms with Crippen LogP contribution in [0.4, 0.5) is 5.95 Å². The van der Waals surface area contributed by atoms with Gasteiger partial charge in [0, 0.05) is 49.5 Å². The van der Waals surface area contributed by atoms with Gasteiger partial charge in [-0.1, -0.05) is 18.2 Å². The third kappa shape index (κ3) is 3.08. The van der Waals surface area contributed by atoms with Gasteiger partial charge >= 0.3 is 0 Å². The highest BCUT2D eigenvalue weighted by Crippen LogP contribution is 2.25. The first kappa shape index (κ1) is 16.0. The lowest BCUT2D eigenvalue weighted by atomic mass is 10.1. The number of nitrogens with zero attached hydrogens (tertiary/aromatic N) is 5. The minimum Gasteiger partial charge on any atom is -0.338 e. The van der Waals surface area contributed by atoms with Crippen LogP contribution in [0, 0.1) is 0 Å². The number of fused-ring (bicyclic) bond motifs is 1. The van der Waals surface area contributed by atoms with Gasteiger partial charge < -0.3 is 4.90 Å². The number of piperazine rings is 1. The molecule has 0 radical (unpaired) electrons. The van der Waals surface area contributed by atoms with E-state index in [0.717, 1.165) is 22.2 Å². The van der Waals surface area contributed by atoms with E-state index in [4.69, 9.17) is 0 Å². The Labute approximate surface area is 145 Å². The molecule has 0 atom stereocenters. The molecule has 9 heteroatoms. The summed E-state index contributed by atoms with van der Waals surface area (Å²) in [6, 6.07) is 7.91. The van der Waals surface area contributed by atoms with Crippen LogP contribution < -0.4 is 4.90 Å². The highest BCUT2D eigenvalue weighted by Gasteiger charge is 2.24. The van der Waals surface area contributed by atoms with Crippen LogP contribution in [0.5, 0.6) is 0 Å². The zero-order valence-electron chi connectivity index (χ0n) is 13.8. The largest absolute Gasteiger partial charge is 0.338 e. The molecular weight excluding hydrogens is 340 g/mol. The van der Waals surface area contributed by atoms with Gasteiger partial charge in [0.1, 0.15) is 5.69 Å². The van der Waals surface area contributed by atoms with Gasteiger partial charge in [-0.05, 0) is 6.07 Å². The monoisotopic (exact) mass is 358 g/mol. The predicted octanol–water partition coefficient (Wildman–Crippen LogP) is 1.10. The van der Waals surface area contributed by atoms with Gasteiger partial charge in [-0.25, -0.2) is 18.4 Å². The minimum atomic E-state index is -3.13. The molecule has 1 N–H and O–H groups in total. The zero-order valence-corrected chi connectivity index (χ0v) is 14.6. The molecule has 130 valence electrons. The molecule has 1 aromatic carbocycles. The normalized spacial score (nSPS) is 16.4. The summed E-state index contributed by atoms with van der Waals surface area (Å²) in [4.78, 5) is 10.9. The first-order valence-corrected chi connectivity index (χ1v) is 9.83. The first-order chi connectivity index (χ1) is 12.0. The van der Waals surface area contributed by atoms with Crippen LogP contribution in [-0.4, -0.2) is 65.3 Å². The van der Waals surface area contributed by atoms with Crippen molar-refractivity contribution in [3.8, 4) is 11.3 Å². The molecule has 1 aliphatic heterocycles. The molecule has 4 rings (SSSR count). The van der Waals surface area contributed by atoms with E-state index in [0.29, 0.717) is 32.1 Å². The van der Waals surface area contributed by atoms with Gasteiger partial charge in [-0.15, -0.1) is 0 Å². The van der Waals surface area contributed by atoms with E-state index in [2.05, 4.69) is 20.2 Å². The van der Waals surface area contributed by atoms with Crippen molar-refractivity contribution in [3.63, 3.8) is 0 Å². The van der Waals surface area contributed by atoms with Crippen LogP contribution in [0.3, 0.4) is 0 Å². The second kappa shape index (κ2) is 6.08. The zero-order chi connectivity index (χ0) is 17.4. The molecular formula is C16H18N6O2S. The number of aromatic amines is 1. The van der Waals surface area contributed by atoms with Crippen LogP contribution in [0.25, 0.3) is 22.2 Å². The summed E-state index contributed by atoms with van der Waals surface area (Å²) in [5, 5.41) is 8.39. The van der Waals surface area contributed by atoms with E-state index in [-0.39, 0.29) is 0 Å². The van der Waals surface area contributed by atoms with Crippen molar-refractivity contribution < 1.29 is 8.42 Å². The lowest BCUT2D eigenvalue weighted by molar-refractivity contribution is 0.385. The number of anilines is 1. The number of H-pyrrole nitrogens is 1. The summed E-state index contributed by atoms with van der Waals surface area (Å²) in [5.74, 6) is 0.608. The van der Waals surface area contributed by atoms with Gasteiger partial charge in [-0.3, -0.25) is 5.10 Å². The second-order valence-corrected chi connectivity index (χ2v) is 8.02. The van der Waals surface area contributed by atoms with E-state index in [9.17, 15) is 8.42 Å². The Morgan fingerprint density at radius 1 is 1.04 bits per heavy atom. The van der Waals surface area contributed by atoms with Crippen LogP contribution in [-0.2, 0) is 10.0 Å². The number of sulfonamides is 1. The minimum absolute atomic E-state index is 0.452. The Kier molecular flexibility index (Phi) is 3.89. The number of hydrogen-bond acceptors (Lipinski definition) is 6. The Morgan fingerprint density at radius 2 is 1.72 bits per heavy atom. The van der Waals surface area contributed by atoms with Crippen molar-refractivity contribution in [1.29, 1.82) is 0 Å². The molecule has 0 amide bonds. The van der Waals surface area contributed by atoms with E-state index in [1.54, 1.807) is 12.4 Å². The maximum absolute atomic E-state index is 11.6. The number of rotatable bonds is 3. The third-order valence-electron chi connectivity index (χ3n) is 4.37. The lowest BCUT2D eigenvalue weighted by Crippen LogP contribution is -2.48. The van der Waals surface area contributed by atoms with Crippen LogP contribution in [0.2, 0.25) is 0 Å². The van der Waals surface area contributed by atoms with Crippen molar-refractivity contribution >= 4 is 26.9 Å². The fraction of sp³-hybridized carbons (Fsp3) is 0.312. The number of benzene rings is 1. The highest BCUT2D eigenvalue weighted by molar-refractivity contribution is 7.88. The van der Waals surface area contributed by atoms with Crippen LogP contribution in [0.1, 0.15) is 0 Å². The average molecular weight is 358 g/mol. The van der Waals surface area contributed by atoms with Crippen LogP contribution >= 0.6 is 0 Å². The van der Waals surface area contributed by atoms with Crippen molar-refractivity contribution in [3.05, 3.63) is 36.7 Å². The second-order valence-electron chi connectivity index (χ2n) is 6.04. The molecule has 0 bridgehead atoms. The van der Waals surface area contributed by atoms with Crippen molar-refractivity contribution in [2.45, 2.75) is 0 Å². The number of nitrogens with one attached hydrogen (secondary N) is 1. The van der Waals surface area contributed by atoms with Crippen LogP contribution in [0.15, 0.2) is 36.7 Å². The van der Waals surface area contributed by atoms with E-state index >= 15 is 0 Å². The van der Waals surface area contributed by atoms with Crippen molar-refractivity contribution in [1.82, 2.24) is 24.5 Å². The summed E-state index contributed by atoms with van der Waals surface area (Å²) in [7, 11) is -3.13. The summed E-state index contributed by atoms with van der Waals surface area (Å²) in [6.07, 6.45) is 4.75. The molecule has 1 aliphatic rings. The van der Waals surface area contributed by atoms with Gasteiger partial charge in [0.15, 0.2) is 0 Å². The van der Waals surface area contributed by atoms with E-state index in [1.807, 2.05) is 29.2 Å². The summed E-state index contributed by atoms with van der Waals surface area (Å²) >= 11 is 0. The first-order valence-electron chi connectivity index (χ1n) is 7.98. The molecule has 3 heterocycles. The summed E-state index contributed by atoms with van der Waals surface area (Å²) < 4.78 is 24.6. The van der Waals surface area contributed by atoms with Gasteiger partial charge in [0.2, 0.25) is 16.0 Å². The SMILES string of the molecule is CS(=O)(=O)N1CCN(c2ncc(-c3n[nH]c4ccccc34)cn2)CC1. The number of para-hydroxylation sites is 1. The molecule has 0 aliphatic carbocycles. The Morgan fingerprint density at radius 3 is 2.40 bits per heavy atom. The Hall–Kier alpha value is -2.52. The van der Waals surface area contributed by atoms with E-state index < -0.39 is 10.0 Å². The predicted molar refractivity (Wildman–Crippen MR) is 95.7 cm³/mol. The van der Waals surface area contributed by atoms with Gasteiger partial charge in [0.05, 0.1) is 11.8 Å². The topological polar surface area (TPSA) is 95.1 Å². The molecule has 1 saturated heterocycles. The molecule has 2 aromatic heterocycles. The number of hydrogen-bond donors (Lipinski definition) is 1. The fourth-order valence-corrected chi connectivity index (χ4v) is 3.84. The molecule has 0 saturated carbocycles. The maximum Gasteiger partial charge on any atom is 0.225 e. The van der Waals surface area contributed by atoms with Gasteiger partial charge in [-0.2, -0.15) is 9.40 Å². The maximum atomic E-state index is 11.6.